The predicted molar refractivity (Wildman–Crippen MR) is 86.4 cm³/mol. The molecule has 2 unspecified atom stereocenters. The van der Waals surface area contributed by atoms with E-state index in [0.29, 0.717) is 21.9 Å². The van der Waals surface area contributed by atoms with Crippen LogP contribution in [0.1, 0.15) is 41.6 Å². The van der Waals surface area contributed by atoms with E-state index in [9.17, 15) is 4.79 Å². The molecular formula is C15H21ClN2OS. The zero-order chi connectivity index (χ0) is 14.5. The van der Waals surface area contributed by atoms with Gasteiger partial charge in [0.05, 0.1) is 0 Å². The smallest absolute Gasteiger partial charge is 0.248 e. The highest BCUT2D eigenvalue weighted by atomic mass is 35.5. The molecular weight excluding hydrogens is 292 g/mol. The Kier molecular flexibility index (Phi) is 5.75. The lowest BCUT2D eigenvalue weighted by Crippen LogP contribution is -2.40. The van der Waals surface area contributed by atoms with E-state index in [1.807, 2.05) is 17.8 Å². The van der Waals surface area contributed by atoms with Crippen molar-refractivity contribution in [1.82, 2.24) is 5.32 Å². The SMILES string of the molecule is CSC1CCCCC1NCc1ccc(C(N)=O)cc1Cl. The number of hydrogen-bond acceptors (Lipinski definition) is 3. The third kappa shape index (κ3) is 3.90. The number of hydrogen-bond donors (Lipinski definition) is 2. The first-order chi connectivity index (χ1) is 9.61. The number of primary amides is 1. The topological polar surface area (TPSA) is 55.1 Å². The van der Waals surface area contributed by atoms with Crippen molar-refractivity contribution in [1.29, 1.82) is 0 Å². The molecule has 0 saturated heterocycles. The van der Waals surface area contributed by atoms with Gasteiger partial charge in [0.1, 0.15) is 0 Å². The lowest BCUT2D eigenvalue weighted by molar-refractivity contribution is 0.100. The van der Waals surface area contributed by atoms with Crippen LogP contribution in [0.5, 0.6) is 0 Å². The molecule has 1 aliphatic rings. The summed E-state index contributed by atoms with van der Waals surface area (Å²) in [5.41, 5.74) is 6.72. The zero-order valence-corrected chi connectivity index (χ0v) is 13.3. The van der Waals surface area contributed by atoms with Crippen molar-refractivity contribution in [2.24, 2.45) is 5.73 Å². The van der Waals surface area contributed by atoms with Crippen molar-refractivity contribution in [3.63, 3.8) is 0 Å². The number of carbonyl (C=O) groups is 1. The fourth-order valence-corrected chi connectivity index (χ4v) is 3.91. The summed E-state index contributed by atoms with van der Waals surface area (Å²) in [5.74, 6) is -0.443. The average molecular weight is 313 g/mol. The van der Waals surface area contributed by atoms with Crippen molar-refractivity contribution in [2.75, 3.05) is 6.26 Å². The van der Waals surface area contributed by atoms with Gasteiger partial charge in [-0.3, -0.25) is 4.79 Å². The van der Waals surface area contributed by atoms with Gasteiger partial charge in [0.15, 0.2) is 0 Å². The second-order valence-electron chi connectivity index (χ2n) is 5.22. The summed E-state index contributed by atoms with van der Waals surface area (Å²) in [6.07, 6.45) is 7.32. The quantitative estimate of drug-likeness (QED) is 0.878. The normalized spacial score (nSPS) is 22.7. The van der Waals surface area contributed by atoms with E-state index >= 15 is 0 Å². The maximum atomic E-state index is 11.1. The van der Waals surface area contributed by atoms with Crippen molar-refractivity contribution in [3.8, 4) is 0 Å². The van der Waals surface area contributed by atoms with E-state index in [-0.39, 0.29) is 0 Å². The first-order valence-corrected chi connectivity index (χ1v) is 8.63. The minimum Gasteiger partial charge on any atom is -0.366 e. The van der Waals surface area contributed by atoms with Crippen LogP contribution >= 0.6 is 23.4 Å². The molecule has 0 spiro atoms. The fourth-order valence-electron chi connectivity index (χ4n) is 2.70. The largest absolute Gasteiger partial charge is 0.366 e. The van der Waals surface area contributed by atoms with Gasteiger partial charge in [-0.1, -0.05) is 30.5 Å². The van der Waals surface area contributed by atoms with Gasteiger partial charge in [0, 0.05) is 28.4 Å². The van der Waals surface area contributed by atoms with E-state index in [0.717, 1.165) is 12.1 Å². The van der Waals surface area contributed by atoms with E-state index in [1.165, 1.54) is 25.7 Å². The Balaban J connectivity index is 1.98. The molecule has 1 amide bonds. The van der Waals surface area contributed by atoms with Gasteiger partial charge in [-0.2, -0.15) is 11.8 Å². The molecule has 110 valence electrons. The summed E-state index contributed by atoms with van der Waals surface area (Å²) in [5, 5.41) is 4.90. The Morgan fingerprint density at radius 1 is 1.45 bits per heavy atom. The predicted octanol–water partition coefficient (Wildman–Crippen LogP) is 3.20. The highest BCUT2D eigenvalue weighted by molar-refractivity contribution is 7.99. The standard InChI is InChI=1S/C15H21ClN2OS/c1-20-14-5-3-2-4-13(14)18-9-11-7-6-10(15(17)19)8-12(11)16/h6-8,13-14,18H,2-5,9H2,1H3,(H2,17,19). The highest BCUT2D eigenvalue weighted by Crippen LogP contribution is 2.27. The molecule has 0 bridgehead atoms. The molecule has 0 aliphatic heterocycles. The number of halogens is 1. The van der Waals surface area contributed by atoms with E-state index in [1.54, 1.807) is 12.1 Å². The molecule has 3 nitrogen and oxygen atoms in total. The number of amides is 1. The van der Waals surface area contributed by atoms with Gasteiger partial charge >= 0.3 is 0 Å². The van der Waals surface area contributed by atoms with Gasteiger partial charge < -0.3 is 11.1 Å². The Hall–Kier alpha value is -0.710. The summed E-state index contributed by atoms with van der Waals surface area (Å²) in [7, 11) is 0. The second kappa shape index (κ2) is 7.34. The summed E-state index contributed by atoms with van der Waals surface area (Å²) < 4.78 is 0. The molecule has 1 aromatic carbocycles. The first-order valence-electron chi connectivity index (χ1n) is 6.96. The number of benzene rings is 1. The van der Waals surface area contributed by atoms with Crippen LogP contribution in [-0.4, -0.2) is 23.5 Å². The highest BCUT2D eigenvalue weighted by Gasteiger charge is 2.23. The van der Waals surface area contributed by atoms with E-state index in [4.69, 9.17) is 17.3 Å². The minimum absolute atomic E-state index is 0.443. The zero-order valence-electron chi connectivity index (χ0n) is 11.7. The maximum Gasteiger partial charge on any atom is 0.248 e. The van der Waals surface area contributed by atoms with Crippen LogP contribution in [0, 0.1) is 0 Å². The van der Waals surface area contributed by atoms with Crippen molar-refractivity contribution >= 4 is 29.3 Å². The number of thioether (sulfide) groups is 1. The Morgan fingerprint density at radius 3 is 2.85 bits per heavy atom. The summed E-state index contributed by atoms with van der Waals surface area (Å²) in [6.45, 7) is 0.736. The van der Waals surface area contributed by atoms with Crippen LogP contribution in [0.25, 0.3) is 0 Å². The molecule has 2 rings (SSSR count). The Labute approximate surface area is 129 Å². The molecule has 1 aromatic rings. The average Bonchev–Trinajstić information content (AvgIpc) is 2.46. The molecule has 0 aromatic heterocycles. The van der Waals surface area contributed by atoms with Crippen LogP contribution in [0.3, 0.4) is 0 Å². The number of nitrogens with one attached hydrogen (secondary N) is 1. The molecule has 2 atom stereocenters. The third-order valence-corrected chi connectivity index (χ3v) is 5.42. The summed E-state index contributed by atoms with van der Waals surface area (Å²) in [6, 6.07) is 5.81. The van der Waals surface area contributed by atoms with Gasteiger partial charge in [-0.15, -0.1) is 0 Å². The number of carbonyl (C=O) groups excluding carboxylic acids is 1. The van der Waals surface area contributed by atoms with Crippen LogP contribution in [0.2, 0.25) is 5.02 Å². The van der Waals surface area contributed by atoms with Crippen LogP contribution in [0.4, 0.5) is 0 Å². The molecule has 0 heterocycles. The summed E-state index contributed by atoms with van der Waals surface area (Å²) in [4.78, 5) is 11.1. The van der Waals surface area contributed by atoms with Crippen molar-refractivity contribution in [3.05, 3.63) is 34.3 Å². The van der Waals surface area contributed by atoms with Crippen LogP contribution in [0.15, 0.2) is 18.2 Å². The van der Waals surface area contributed by atoms with Crippen molar-refractivity contribution in [2.45, 2.75) is 43.5 Å². The molecule has 5 heteroatoms. The molecule has 0 radical (unpaired) electrons. The molecule has 20 heavy (non-hydrogen) atoms. The maximum absolute atomic E-state index is 11.1. The van der Waals surface area contributed by atoms with Gasteiger partial charge in [-0.25, -0.2) is 0 Å². The van der Waals surface area contributed by atoms with Gasteiger partial charge in [-0.05, 0) is 36.8 Å². The van der Waals surface area contributed by atoms with Crippen LogP contribution < -0.4 is 11.1 Å². The van der Waals surface area contributed by atoms with E-state index in [2.05, 4.69) is 11.6 Å². The second-order valence-corrected chi connectivity index (χ2v) is 6.70. The lowest BCUT2D eigenvalue weighted by Gasteiger charge is -2.31. The van der Waals surface area contributed by atoms with Gasteiger partial charge in [0.25, 0.3) is 0 Å². The monoisotopic (exact) mass is 312 g/mol. The Morgan fingerprint density at radius 2 is 2.20 bits per heavy atom. The third-order valence-electron chi connectivity index (χ3n) is 3.90. The van der Waals surface area contributed by atoms with Crippen molar-refractivity contribution < 1.29 is 4.79 Å². The lowest BCUT2D eigenvalue weighted by atomic mass is 9.94. The van der Waals surface area contributed by atoms with Crippen LogP contribution in [-0.2, 0) is 6.54 Å². The molecule has 1 saturated carbocycles. The molecule has 1 aliphatic carbocycles. The fraction of sp³-hybridized carbons (Fsp3) is 0.533. The molecule has 1 fully saturated rings. The number of nitrogens with two attached hydrogens (primary N) is 1. The Bertz CT molecular complexity index is 481. The van der Waals surface area contributed by atoms with E-state index < -0.39 is 5.91 Å². The van der Waals surface area contributed by atoms with Gasteiger partial charge in [0.2, 0.25) is 5.91 Å². The first kappa shape index (κ1) is 15.7. The summed E-state index contributed by atoms with van der Waals surface area (Å²) >= 11 is 8.15. The minimum atomic E-state index is -0.443. The number of rotatable bonds is 5. The molecule has 3 N–H and O–H groups in total.